The van der Waals surface area contributed by atoms with Gasteiger partial charge in [0.25, 0.3) is 0 Å². The van der Waals surface area contributed by atoms with E-state index in [0.717, 1.165) is 16.3 Å². The highest BCUT2D eigenvalue weighted by atomic mass is 28.3. The first kappa shape index (κ1) is 23.8. The number of rotatable bonds is 4. The number of halogens is 1. The van der Waals surface area contributed by atoms with E-state index in [4.69, 9.17) is 5.73 Å². The van der Waals surface area contributed by atoms with E-state index in [-0.39, 0.29) is 17.0 Å². The van der Waals surface area contributed by atoms with Gasteiger partial charge >= 0.3 is 0 Å². The molecule has 2 aromatic carbocycles. The molecule has 0 saturated heterocycles. The molecule has 0 atom stereocenters. The lowest BCUT2D eigenvalue weighted by Gasteiger charge is -2.38. The van der Waals surface area contributed by atoms with Gasteiger partial charge < -0.3 is 5.73 Å². The third-order valence-electron chi connectivity index (χ3n) is 7.09. The van der Waals surface area contributed by atoms with Crippen LogP contribution in [-0.2, 0) is 0 Å². The molecule has 0 bridgehead atoms. The molecule has 4 nitrogen and oxygen atoms in total. The highest BCUT2D eigenvalue weighted by molar-refractivity contribution is 6.90. The molecule has 0 aliphatic carbocycles. The minimum atomic E-state index is -1.93. The standard InChI is InChI=1S/C28H31FN4Si/c1-17(2)34(18(3)4,19(5)6)14-13-21-10-7-9-20-11-8-12-22(24(20)21)26-25(29)27-23(15-31-26)28(30)33-16-32-27/h7-12,15-19H,1-6H3,(H2,30,32,33). The van der Waals surface area contributed by atoms with Crippen LogP contribution in [0, 0.1) is 17.3 Å². The highest BCUT2D eigenvalue weighted by Gasteiger charge is 2.41. The lowest BCUT2D eigenvalue weighted by molar-refractivity contribution is 0.635. The van der Waals surface area contributed by atoms with Gasteiger partial charge in [-0.2, -0.15) is 0 Å². The Morgan fingerprint density at radius 1 is 0.882 bits per heavy atom. The van der Waals surface area contributed by atoms with Crippen LogP contribution in [0.5, 0.6) is 0 Å². The predicted octanol–water partition coefficient (Wildman–Crippen LogP) is 7.14. The van der Waals surface area contributed by atoms with Gasteiger partial charge in [-0.1, -0.05) is 77.8 Å². The highest BCUT2D eigenvalue weighted by Crippen LogP contribution is 2.41. The van der Waals surface area contributed by atoms with Crippen molar-refractivity contribution in [1.82, 2.24) is 15.0 Å². The summed E-state index contributed by atoms with van der Waals surface area (Å²) in [5, 5.41) is 2.31. The van der Waals surface area contributed by atoms with Crippen molar-refractivity contribution in [2.24, 2.45) is 0 Å². The van der Waals surface area contributed by atoms with Crippen LogP contribution in [0.1, 0.15) is 47.1 Å². The summed E-state index contributed by atoms with van der Waals surface area (Å²) in [5.41, 5.74) is 13.3. The summed E-state index contributed by atoms with van der Waals surface area (Å²) in [7, 11) is -1.93. The molecule has 6 heteroatoms. The van der Waals surface area contributed by atoms with Crippen LogP contribution in [0.3, 0.4) is 0 Å². The smallest absolute Gasteiger partial charge is 0.175 e. The van der Waals surface area contributed by atoms with Crippen LogP contribution >= 0.6 is 0 Å². The zero-order valence-corrected chi connectivity index (χ0v) is 21.6. The van der Waals surface area contributed by atoms with E-state index < -0.39 is 13.9 Å². The fraction of sp³-hybridized carbons (Fsp3) is 0.321. The van der Waals surface area contributed by atoms with Crippen LogP contribution in [0.25, 0.3) is 32.9 Å². The molecule has 0 unspecified atom stereocenters. The predicted molar refractivity (Wildman–Crippen MR) is 143 cm³/mol. The maximum atomic E-state index is 15.6. The molecular formula is C28H31FN4Si. The van der Waals surface area contributed by atoms with Crippen LogP contribution in [0.15, 0.2) is 48.9 Å². The van der Waals surface area contributed by atoms with Gasteiger partial charge in [0.15, 0.2) is 5.82 Å². The Hall–Kier alpha value is -3.30. The minimum absolute atomic E-state index is 0.170. The van der Waals surface area contributed by atoms with Gasteiger partial charge in [0, 0.05) is 22.7 Å². The van der Waals surface area contributed by atoms with E-state index in [2.05, 4.69) is 68.0 Å². The van der Waals surface area contributed by atoms with E-state index >= 15 is 4.39 Å². The van der Waals surface area contributed by atoms with Crippen LogP contribution < -0.4 is 5.73 Å². The topological polar surface area (TPSA) is 64.7 Å². The second-order valence-corrected chi connectivity index (χ2v) is 15.4. The van der Waals surface area contributed by atoms with Gasteiger partial charge in [-0.25, -0.2) is 14.4 Å². The largest absolute Gasteiger partial charge is 0.383 e. The van der Waals surface area contributed by atoms with Crippen molar-refractivity contribution < 1.29 is 4.39 Å². The van der Waals surface area contributed by atoms with E-state index in [0.29, 0.717) is 27.6 Å². The Morgan fingerprint density at radius 2 is 1.53 bits per heavy atom. The first-order valence-corrected chi connectivity index (χ1v) is 14.0. The Balaban J connectivity index is 1.99. The number of nitrogens with zero attached hydrogens (tertiary/aromatic N) is 3. The number of anilines is 1. The van der Waals surface area contributed by atoms with Crippen molar-refractivity contribution in [2.75, 3.05) is 5.73 Å². The van der Waals surface area contributed by atoms with Gasteiger partial charge in [-0.15, -0.1) is 5.54 Å². The van der Waals surface area contributed by atoms with E-state index in [1.54, 1.807) is 6.20 Å². The van der Waals surface area contributed by atoms with Gasteiger partial charge in [-0.3, -0.25) is 4.98 Å². The molecule has 0 aliphatic rings. The molecule has 2 heterocycles. The molecule has 0 aliphatic heterocycles. The number of hydrogen-bond acceptors (Lipinski definition) is 4. The normalized spacial score (nSPS) is 12.1. The molecule has 4 aromatic rings. The molecule has 0 spiro atoms. The van der Waals surface area contributed by atoms with E-state index in [1.165, 1.54) is 6.33 Å². The molecule has 174 valence electrons. The zero-order chi connectivity index (χ0) is 24.6. The fourth-order valence-electron chi connectivity index (χ4n) is 5.45. The summed E-state index contributed by atoms with van der Waals surface area (Å²) in [5.74, 6) is 3.27. The Morgan fingerprint density at radius 3 is 2.18 bits per heavy atom. The second kappa shape index (κ2) is 9.15. The quantitative estimate of drug-likeness (QED) is 0.254. The van der Waals surface area contributed by atoms with Crippen molar-refractivity contribution in [1.29, 1.82) is 0 Å². The average molecular weight is 471 g/mol. The third-order valence-corrected chi connectivity index (χ3v) is 13.4. The molecular weight excluding hydrogens is 439 g/mol. The molecule has 0 amide bonds. The summed E-state index contributed by atoms with van der Waals surface area (Å²) < 4.78 is 15.6. The second-order valence-electron chi connectivity index (χ2n) is 9.80. The zero-order valence-electron chi connectivity index (χ0n) is 20.6. The Kier molecular flexibility index (Phi) is 6.42. The SMILES string of the molecule is CC(C)[Si](C#Cc1cccc2cccc(-c3ncc4c(N)ncnc4c3F)c12)(C(C)C)C(C)C. The lowest BCUT2D eigenvalue weighted by atomic mass is 9.97. The average Bonchev–Trinajstić information content (AvgIpc) is 2.79. The Bertz CT molecular complexity index is 1410. The maximum Gasteiger partial charge on any atom is 0.175 e. The van der Waals surface area contributed by atoms with Crippen molar-refractivity contribution in [3.05, 3.63) is 60.3 Å². The summed E-state index contributed by atoms with van der Waals surface area (Å²) >= 11 is 0. The number of benzene rings is 2. The van der Waals surface area contributed by atoms with E-state index in [1.807, 2.05) is 36.4 Å². The summed E-state index contributed by atoms with van der Waals surface area (Å²) in [6.07, 6.45) is 2.82. The van der Waals surface area contributed by atoms with Crippen LogP contribution in [0.4, 0.5) is 10.2 Å². The molecule has 0 saturated carbocycles. The van der Waals surface area contributed by atoms with Crippen LogP contribution in [-0.4, -0.2) is 23.0 Å². The lowest BCUT2D eigenvalue weighted by Crippen LogP contribution is -2.43. The molecule has 4 rings (SSSR count). The summed E-state index contributed by atoms with van der Waals surface area (Å²) in [6, 6.07) is 11.9. The molecule has 0 fully saturated rings. The number of aromatic nitrogens is 3. The van der Waals surface area contributed by atoms with Gasteiger partial charge in [0.2, 0.25) is 0 Å². The van der Waals surface area contributed by atoms with Gasteiger partial charge in [0.1, 0.15) is 31.4 Å². The van der Waals surface area contributed by atoms with Crippen molar-refractivity contribution in [2.45, 2.75) is 58.2 Å². The Labute approximate surface area is 201 Å². The van der Waals surface area contributed by atoms with Crippen molar-refractivity contribution >= 4 is 35.6 Å². The van der Waals surface area contributed by atoms with Gasteiger partial charge in [-0.05, 0) is 28.1 Å². The number of pyridine rings is 1. The monoisotopic (exact) mass is 470 g/mol. The summed E-state index contributed by atoms with van der Waals surface area (Å²) in [6.45, 7) is 13.8. The van der Waals surface area contributed by atoms with Crippen molar-refractivity contribution in [3.63, 3.8) is 0 Å². The minimum Gasteiger partial charge on any atom is -0.383 e. The number of nitrogen functional groups attached to an aromatic ring is 1. The third kappa shape index (κ3) is 3.84. The fourth-order valence-corrected chi connectivity index (χ4v) is 10.7. The molecule has 2 N–H and O–H groups in total. The van der Waals surface area contributed by atoms with Gasteiger partial charge in [0.05, 0.1) is 5.39 Å². The first-order valence-electron chi connectivity index (χ1n) is 11.8. The number of hydrogen-bond donors (Lipinski definition) is 1. The van der Waals surface area contributed by atoms with Crippen LogP contribution in [0.2, 0.25) is 16.6 Å². The maximum absolute atomic E-state index is 15.6. The first-order chi connectivity index (χ1) is 16.2. The summed E-state index contributed by atoms with van der Waals surface area (Å²) in [4.78, 5) is 12.5. The van der Waals surface area contributed by atoms with Crippen molar-refractivity contribution in [3.8, 4) is 22.7 Å². The number of fused-ring (bicyclic) bond motifs is 2. The molecule has 0 radical (unpaired) electrons. The molecule has 2 aromatic heterocycles. The molecule has 34 heavy (non-hydrogen) atoms. The number of nitrogens with two attached hydrogens (primary N) is 1. The van der Waals surface area contributed by atoms with E-state index in [9.17, 15) is 0 Å².